The first-order chi connectivity index (χ1) is 5.88. The fourth-order valence-corrected chi connectivity index (χ4v) is 1.83. The third kappa shape index (κ3) is 1.27. The Morgan fingerprint density at radius 2 is 2.58 bits per heavy atom. The molecule has 2 rings (SSSR count). The first-order valence-corrected chi connectivity index (χ1v) is 4.71. The number of amides is 2. The van der Waals surface area contributed by atoms with Gasteiger partial charge in [-0.2, -0.15) is 0 Å². The fourth-order valence-electron chi connectivity index (χ4n) is 1.16. The zero-order chi connectivity index (χ0) is 8.39. The van der Waals surface area contributed by atoms with Crippen molar-refractivity contribution < 1.29 is 4.79 Å². The number of nitrogens with zero attached hydrogens (tertiary/aromatic N) is 2. The van der Waals surface area contributed by atoms with Gasteiger partial charge in [0.25, 0.3) is 0 Å². The first-order valence-electron chi connectivity index (χ1n) is 3.83. The molecule has 0 unspecified atom stereocenters. The molecule has 0 aliphatic carbocycles. The lowest BCUT2D eigenvalue weighted by Gasteiger charge is -2.24. The monoisotopic (exact) mass is 183 g/mol. The zero-order valence-corrected chi connectivity index (χ0v) is 7.30. The Morgan fingerprint density at radius 1 is 1.67 bits per heavy atom. The third-order valence-corrected chi connectivity index (χ3v) is 2.52. The summed E-state index contributed by atoms with van der Waals surface area (Å²) in [6.45, 7) is 1.56. The van der Waals surface area contributed by atoms with Crippen molar-refractivity contribution in [1.82, 2.24) is 10.3 Å². The molecule has 1 fully saturated rings. The van der Waals surface area contributed by atoms with Crippen molar-refractivity contribution >= 4 is 22.5 Å². The molecule has 0 atom stereocenters. The predicted octanol–water partition coefficient (Wildman–Crippen LogP) is 1.06. The van der Waals surface area contributed by atoms with E-state index in [-0.39, 0.29) is 6.03 Å². The molecule has 0 spiro atoms. The van der Waals surface area contributed by atoms with Crippen molar-refractivity contribution in [2.24, 2.45) is 0 Å². The van der Waals surface area contributed by atoms with E-state index in [1.165, 1.54) is 11.3 Å². The Labute approximate surface area is 74.2 Å². The number of carbonyl (C=O) groups is 1. The van der Waals surface area contributed by atoms with Crippen LogP contribution in [0.4, 0.5) is 9.93 Å². The second kappa shape index (κ2) is 3.10. The van der Waals surface area contributed by atoms with E-state index in [0.717, 1.165) is 24.6 Å². The molecule has 2 heterocycles. The van der Waals surface area contributed by atoms with E-state index < -0.39 is 0 Å². The van der Waals surface area contributed by atoms with Gasteiger partial charge in [-0.15, -0.1) is 11.3 Å². The van der Waals surface area contributed by atoms with Crippen LogP contribution in [0.2, 0.25) is 0 Å². The number of anilines is 1. The van der Waals surface area contributed by atoms with Crippen LogP contribution in [0.15, 0.2) is 11.6 Å². The molecule has 0 saturated carbocycles. The van der Waals surface area contributed by atoms with Gasteiger partial charge in [0.1, 0.15) is 0 Å². The summed E-state index contributed by atoms with van der Waals surface area (Å²) in [5.74, 6) is 0. The molecule has 1 aliphatic rings. The molecule has 64 valence electrons. The van der Waals surface area contributed by atoms with Crippen LogP contribution in [0.5, 0.6) is 0 Å². The minimum Gasteiger partial charge on any atom is -0.338 e. The number of hydrogen-bond acceptors (Lipinski definition) is 3. The normalized spacial score (nSPS) is 17.7. The smallest absolute Gasteiger partial charge is 0.323 e. The van der Waals surface area contributed by atoms with Crippen molar-refractivity contribution in [3.63, 3.8) is 0 Å². The molecular formula is C7H9N3OS. The zero-order valence-electron chi connectivity index (χ0n) is 6.49. The Kier molecular flexibility index (Phi) is 1.95. The number of aromatic nitrogens is 1. The maximum Gasteiger partial charge on any atom is 0.323 e. The van der Waals surface area contributed by atoms with Crippen molar-refractivity contribution in [1.29, 1.82) is 0 Å². The van der Waals surface area contributed by atoms with E-state index in [4.69, 9.17) is 0 Å². The minimum atomic E-state index is -0.0313. The summed E-state index contributed by atoms with van der Waals surface area (Å²) >= 11 is 1.49. The summed E-state index contributed by atoms with van der Waals surface area (Å²) in [5, 5.41) is 5.43. The maximum absolute atomic E-state index is 11.3. The Morgan fingerprint density at radius 3 is 3.25 bits per heavy atom. The number of hydrogen-bond donors (Lipinski definition) is 1. The molecular weight excluding hydrogens is 174 g/mol. The van der Waals surface area contributed by atoms with Gasteiger partial charge in [0.05, 0.1) is 0 Å². The van der Waals surface area contributed by atoms with Gasteiger partial charge in [-0.3, -0.25) is 4.90 Å². The lowest BCUT2D eigenvalue weighted by atomic mass is 10.3. The van der Waals surface area contributed by atoms with Crippen LogP contribution in [0.3, 0.4) is 0 Å². The number of nitrogens with one attached hydrogen (secondary N) is 1. The van der Waals surface area contributed by atoms with Crippen molar-refractivity contribution in [3.8, 4) is 0 Å². The molecule has 2 amide bonds. The summed E-state index contributed by atoms with van der Waals surface area (Å²) in [6, 6.07) is -0.0313. The van der Waals surface area contributed by atoms with Gasteiger partial charge in [0.2, 0.25) is 0 Å². The fraction of sp³-hybridized carbons (Fsp3) is 0.429. The molecule has 5 heteroatoms. The van der Waals surface area contributed by atoms with Gasteiger partial charge >= 0.3 is 6.03 Å². The highest BCUT2D eigenvalue weighted by atomic mass is 32.1. The van der Waals surface area contributed by atoms with Crippen LogP contribution in [0, 0.1) is 0 Å². The number of carbonyl (C=O) groups excluding carboxylic acids is 1. The number of urea groups is 1. The Balaban J connectivity index is 2.17. The molecule has 4 nitrogen and oxygen atoms in total. The summed E-state index contributed by atoms with van der Waals surface area (Å²) in [6.07, 6.45) is 2.70. The second-order valence-electron chi connectivity index (χ2n) is 2.55. The van der Waals surface area contributed by atoms with Gasteiger partial charge in [-0.25, -0.2) is 9.78 Å². The van der Waals surface area contributed by atoms with Gasteiger partial charge in [0, 0.05) is 24.7 Å². The molecule has 0 bridgehead atoms. The molecule has 12 heavy (non-hydrogen) atoms. The van der Waals surface area contributed by atoms with Crippen LogP contribution in [-0.4, -0.2) is 24.1 Å². The van der Waals surface area contributed by atoms with Crippen LogP contribution in [-0.2, 0) is 0 Å². The second-order valence-corrected chi connectivity index (χ2v) is 3.42. The maximum atomic E-state index is 11.3. The SMILES string of the molecule is O=C1NCCCN1c1nccs1. The quantitative estimate of drug-likeness (QED) is 0.707. The van der Waals surface area contributed by atoms with E-state index in [1.807, 2.05) is 5.38 Å². The molecule has 1 aliphatic heterocycles. The molecule has 1 saturated heterocycles. The topological polar surface area (TPSA) is 45.2 Å². The van der Waals surface area contributed by atoms with Gasteiger partial charge in [0.15, 0.2) is 5.13 Å². The third-order valence-electron chi connectivity index (χ3n) is 1.73. The van der Waals surface area contributed by atoms with Gasteiger partial charge in [-0.1, -0.05) is 0 Å². The van der Waals surface area contributed by atoms with Gasteiger partial charge in [-0.05, 0) is 6.42 Å². The molecule has 1 N–H and O–H groups in total. The molecule has 0 radical (unpaired) electrons. The largest absolute Gasteiger partial charge is 0.338 e. The highest BCUT2D eigenvalue weighted by Gasteiger charge is 2.20. The van der Waals surface area contributed by atoms with E-state index in [2.05, 4.69) is 10.3 Å². The minimum absolute atomic E-state index is 0.0313. The number of thiazole rings is 1. The van der Waals surface area contributed by atoms with E-state index in [1.54, 1.807) is 11.1 Å². The summed E-state index contributed by atoms with van der Waals surface area (Å²) < 4.78 is 0. The molecule has 1 aromatic heterocycles. The average molecular weight is 183 g/mol. The average Bonchev–Trinajstić information content (AvgIpc) is 2.57. The number of rotatable bonds is 1. The highest BCUT2D eigenvalue weighted by molar-refractivity contribution is 7.13. The standard InChI is InChI=1S/C7H9N3OS/c11-6-8-2-1-4-10(6)7-9-3-5-12-7/h3,5H,1-2,4H2,(H,8,11). The van der Waals surface area contributed by atoms with Crippen LogP contribution >= 0.6 is 11.3 Å². The molecule has 1 aromatic rings. The summed E-state index contributed by atoms with van der Waals surface area (Å²) in [4.78, 5) is 17.0. The van der Waals surface area contributed by atoms with Crippen molar-refractivity contribution in [2.75, 3.05) is 18.0 Å². The van der Waals surface area contributed by atoms with E-state index in [9.17, 15) is 4.79 Å². The van der Waals surface area contributed by atoms with Crippen LogP contribution in [0.1, 0.15) is 6.42 Å². The van der Waals surface area contributed by atoms with E-state index in [0.29, 0.717) is 0 Å². The van der Waals surface area contributed by atoms with Crippen LogP contribution < -0.4 is 10.2 Å². The molecule has 0 aromatic carbocycles. The highest BCUT2D eigenvalue weighted by Crippen LogP contribution is 2.18. The van der Waals surface area contributed by atoms with Crippen molar-refractivity contribution in [3.05, 3.63) is 11.6 Å². The lowest BCUT2D eigenvalue weighted by molar-refractivity contribution is 0.243. The predicted molar refractivity (Wildman–Crippen MR) is 47.5 cm³/mol. The van der Waals surface area contributed by atoms with Crippen LogP contribution in [0.25, 0.3) is 0 Å². The lowest BCUT2D eigenvalue weighted by Crippen LogP contribution is -2.46. The first kappa shape index (κ1) is 7.54. The Hall–Kier alpha value is -1.10. The van der Waals surface area contributed by atoms with E-state index >= 15 is 0 Å². The summed E-state index contributed by atoms with van der Waals surface area (Å²) in [5.41, 5.74) is 0. The summed E-state index contributed by atoms with van der Waals surface area (Å²) in [7, 11) is 0. The Bertz CT molecular complexity index is 272. The van der Waals surface area contributed by atoms with Crippen molar-refractivity contribution in [2.45, 2.75) is 6.42 Å². The van der Waals surface area contributed by atoms with Gasteiger partial charge < -0.3 is 5.32 Å².